The fourth-order valence-corrected chi connectivity index (χ4v) is 6.06. The Hall–Kier alpha value is -1.88. The Morgan fingerprint density at radius 1 is 0.600 bits per heavy atom. The van der Waals surface area contributed by atoms with Gasteiger partial charge in [-0.05, 0) is 108 Å². The van der Waals surface area contributed by atoms with Gasteiger partial charge in [0.2, 0.25) is 0 Å². The summed E-state index contributed by atoms with van der Waals surface area (Å²) in [5.74, 6) is -2.96. The number of hydrogen-bond donors (Lipinski definition) is 2. The van der Waals surface area contributed by atoms with Crippen molar-refractivity contribution in [3.8, 4) is 0 Å². The summed E-state index contributed by atoms with van der Waals surface area (Å²) in [5.41, 5.74) is 0. The van der Waals surface area contributed by atoms with Gasteiger partial charge in [-0.1, -0.05) is 38.5 Å². The molecule has 2 amide bonds. The van der Waals surface area contributed by atoms with Crippen molar-refractivity contribution < 1.29 is 37.3 Å². The van der Waals surface area contributed by atoms with E-state index in [9.17, 15) is 18.4 Å². The van der Waals surface area contributed by atoms with Crippen LogP contribution in [-0.2, 0) is 28.5 Å². The molecular weight excluding hydrogens is 582 g/mol. The standard InChI is InChI=1S/C35H58F2N2O6/c36-30(17-9-5-1-3-7-13-23-42-32-19-11-15-25-44-32)34(40)38-28-21-22-29(27-28)39-35(41)31(37)18-10-6-2-4-8-14-24-43-33-20-12-16-26-45-33/h17-18,28-29,32-33H,1-16,19-27H2,(H,38,40)(H,39,41)/b30-17-,31-18+/t28-,29+,32?,33?/m0/s1. The molecule has 4 atom stereocenters. The highest BCUT2D eigenvalue weighted by Crippen LogP contribution is 2.21. The van der Waals surface area contributed by atoms with Crippen molar-refractivity contribution in [2.24, 2.45) is 0 Å². The molecule has 8 nitrogen and oxygen atoms in total. The molecule has 3 aliphatic rings. The number of carbonyl (C=O) groups excluding carboxylic acids is 2. The quantitative estimate of drug-likeness (QED) is 0.0934. The molecule has 45 heavy (non-hydrogen) atoms. The molecule has 2 unspecified atom stereocenters. The molecule has 0 aromatic carbocycles. The molecule has 2 N–H and O–H groups in total. The Morgan fingerprint density at radius 2 is 1.02 bits per heavy atom. The van der Waals surface area contributed by atoms with Gasteiger partial charge in [0.1, 0.15) is 0 Å². The number of ether oxygens (including phenoxy) is 4. The number of hydrogen-bond acceptors (Lipinski definition) is 6. The highest BCUT2D eigenvalue weighted by Gasteiger charge is 2.28. The van der Waals surface area contributed by atoms with Crippen LogP contribution in [0.15, 0.2) is 23.8 Å². The van der Waals surface area contributed by atoms with E-state index in [-0.39, 0.29) is 24.7 Å². The number of carbonyl (C=O) groups is 2. The van der Waals surface area contributed by atoms with Crippen molar-refractivity contribution >= 4 is 11.8 Å². The van der Waals surface area contributed by atoms with Gasteiger partial charge in [0, 0.05) is 38.5 Å². The average molecular weight is 641 g/mol. The van der Waals surface area contributed by atoms with Crippen LogP contribution in [0.5, 0.6) is 0 Å². The fraction of sp³-hybridized carbons (Fsp3) is 0.829. The summed E-state index contributed by atoms with van der Waals surface area (Å²) in [7, 11) is 0. The van der Waals surface area contributed by atoms with Crippen molar-refractivity contribution in [1.82, 2.24) is 10.6 Å². The van der Waals surface area contributed by atoms with E-state index < -0.39 is 23.5 Å². The maximum atomic E-state index is 14.3. The average Bonchev–Trinajstić information content (AvgIpc) is 3.50. The van der Waals surface area contributed by atoms with E-state index in [0.717, 1.165) is 103 Å². The van der Waals surface area contributed by atoms with E-state index in [1.165, 1.54) is 25.0 Å². The predicted octanol–water partition coefficient (Wildman–Crippen LogP) is 7.61. The molecule has 3 rings (SSSR count). The number of allylic oxidation sites excluding steroid dienone is 2. The second kappa shape index (κ2) is 23.4. The SMILES string of the molecule is O=C(N[C@H]1CC[C@@H](NC(=O)/C(F)=C\CCCCCCCOC2CCCCO2)C1)/C(F)=C/CCCCCCCOC1CCCCO1. The van der Waals surface area contributed by atoms with Gasteiger partial charge >= 0.3 is 0 Å². The van der Waals surface area contributed by atoms with Gasteiger partial charge in [-0.2, -0.15) is 0 Å². The van der Waals surface area contributed by atoms with Gasteiger partial charge in [-0.3, -0.25) is 9.59 Å². The Balaban J connectivity index is 1.14. The van der Waals surface area contributed by atoms with Crippen LogP contribution in [0.25, 0.3) is 0 Å². The third-order valence-electron chi connectivity index (χ3n) is 8.76. The Morgan fingerprint density at radius 3 is 1.44 bits per heavy atom. The molecule has 2 heterocycles. The summed E-state index contributed by atoms with van der Waals surface area (Å²) >= 11 is 0. The topological polar surface area (TPSA) is 95.1 Å². The molecule has 0 spiro atoms. The minimum atomic E-state index is -0.764. The number of nitrogens with one attached hydrogen (secondary N) is 2. The molecule has 2 saturated heterocycles. The Kier molecular flexibility index (Phi) is 19.6. The third kappa shape index (κ3) is 17.0. The number of unbranched alkanes of at least 4 members (excludes halogenated alkanes) is 10. The van der Waals surface area contributed by atoms with Crippen LogP contribution >= 0.6 is 0 Å². The molecule has 3 fully saturated rings. The smallest absolute Gasteiger partial charge is 0.279 e. The molecule has 0 radical (unpaired) electrons. The zero-order valence-corrected chi connectivity index (χ0v) is 27.3. The largest absolute Gasteiger partial charge is 0.353 e. The van der Waals surface area contributed by atoms with Gasteiger partial charge in [-0.15, -0.1) is 0 Å². The van der Waals surface area contributed by atoms with Crippen molar-refractivity contribution in [3.05, 3.63) is 23.8 Å². The maximum Gasteiger partial charge on any atom is 0.279 e. The van der Waals surface area contributed by atoms with Crippen LogP contribution in [0.2, 0.25) is 0 Å². The van der Waals surface area contributed by atoms with Crippen LogP contribution in [0.1, 0.15) is 135 Å². The number of halogens is 2. The van der Waals surface area contributed by atoms with Crippen LogP contribution < -0.4 is 10.6 Å². The Bertz CT molecular complexity index is 819. The van der Waals surface area contributed by atoms with Crippen LogP contribution in [0.3, 0.4) is 0 Å². The van der Waals surface area contributed by atoms with Crippen molar-refractivity contribution in [2.75, 3.05) is 26.4 Å². The lowest BCUT2D eigenvalue weighted by atomic mass is 10.1. The Labute approximate surface area is 269 Å². The lowest BCUT2D eigenvalue weighted by molar-refractivity contribution is -0.163. The first kappa shape index (κ1) is 37.6. The van der Waals surface area contributed by atoms with E-state index in [2.05, 4.69) is 10.6 Å². The summed E-state index contributed by atoms with van der Waals surface area (Å²) in [4.78, 5) is 24.5. The predicted molar refractivity (Wildman–Crippen MR) is 171 cm³/mol. The number of amides is 2. The summed E-state index contributed by atoms with van der Waals surface area (Å²) in [6.45, 7) is 3.01. The highest BCUT2D eigenvalue weighted by atomic mass is 19.1. The van der Waals surface area contributed by atoms with Crippen molar-refractivity contribution in [1.29, 1.82) is 0 Å². The minimum absolute atomic E-state index is 0.0360. The summed E-state index contributed by atoms with van der Waals surface area (Å²) in [5, 5.41) is 5.43. The molecule has 0 aromatic rings. The zero-order chi connectivity index (χ0) is 32.0. The summed E-state index contributed by atoms with van der Waals surface area (Å²) in [6, 6.07) is -0.480. The van der Waals surface area contributed by atoms with Crippen LogP contribution in [-0.4, -0.2) is 62.9 Å². The first-order valence-corrected chi connectivity index (χ1v) is 17.8. The third-order valence-corrected chi connectivity index (χ3v) is 8.76. The summed E-state index contributed by atoms with van der Waals surface area (Å²) in [6.07, 6.45) is 21.7. The highest BCUT2D eigenvalue weighted by molar-refractivity contribution is 5.92. The molecule has 0 bridgehead atoms. The second-order valence-electron chi connectivity index (χ2n) is 12.7. The molecule has 2 aliphatic heterocycles. The van der Waals surface area contributed by atoms with E-state index in [1.807, 2.05) is 0 Å². The zero-order valence-electron chi connectivity index (χ0n) is 27.3. The van der Waals surface area contributed by atoms with Gasteiger partial charge in [0.05, 0.1) is 0 Å². The molecule has 1 aliphatic carbocycles. The van der Waals surface area contributed by atoms with E-state index in [0.29, 0.717) is 45.3 Å². The minimum Gasteiger partial charge on any atom is -0.353 e. The molecular formula is C35H58F2N2O6. The maximum absolute atomic E-state index is 14.3. The van der Waals surface area contributed by atoms with E-state index >= 15 is 0 Å². The van der Waals surface area contributed by atoms with Crippen molar-refractivity contribution in [2.45, 2.75) is 160 Å². The van der Waals surface area contributed by atoms with Gasteiger partial charge in [0.15, 0.2) is 24.2 Å². The molecule has 1 saturated carbocycles. The lowest BCUT2D eigenvalue weighted by Crippen LogP contribution is -2.37. The van der Waals surface area contributed by atoms with E-state index in [4.69, 9.17) is 18.9 Å². The molecule has 0 aromatic heterocycles. The molecule has 258 valence electrons. The monoisotopic (exact) mass is 640 g/mol. The van der Waals surface area contributed by atoms with Gasteiger partial charge < -0.3 is 29.6 Å². The van der Waals surface area contributed by atoms with Crippen LogP contribution in [0.4, 0.5) is 8.78 Å². The van der Waals surface area contributed by atoms with E-state index in [1.54, 1.807) is 0 Å². The van der Waals surface area contributed by atoms with Gasteiger partial charge in [-0.25, -0.2) is 8.78 Å². The fourth-order valence-electron chi connectivity index (χ4n) is 6.06. The molecule has 10 heteroatoms. The normalized spacial score (nSPS) is 24.5. The van der Waals surface area contributed by atoms with Crippen molar-refractivity contribution in [3.63, 3.8) is 0 Å². The number of rotatable bonds is 22. The first-order valence-electron chi connectivity index (χ1n) is 17.8. The second-order valence-corrected chi connectivity index (χ2v) is 12.7. The first-order chi connectivity index (χ1) is 22.0. The van der Waals surface area contributed by atoms with Gasteiger partial charge in [0.25, 0.3) is 11.8 Å². The van der Waals surface area contributed by atoms with Crippen LogP contribution in [0, 0.1) is 0 Å². The summed E-state index contributed by atoms with van der Waals surface area (Å²) < 4.78 is 51.2. The lowest BCUT2D eigenvalue weighted by Gasteiger charge is -2.22.